The lowest BCUT2D eigenvalue weighted by molar-refractivity contribution is -0.149. The number of aryl methyl sites for hydroxylation is 1. The molecule has 1 heterocycles. The maximum atomic E-state index is 11.7. The lowest BCUT2D eigenvalue weighted by Gasteiger charge is -2.26. The zero-order valence-corrected chi connectivity index (χ0v) is 24.2. The van der Waals surface area contributed by atoms with Gasteiger partial charge in [-0.15, -0.1) is 0 Å². The Morgan fingerprint density at radius 2 is 1.75 bits per heavy atom. The predicted molar refractivity (Wildman–Crippen MR) is 164 cm³/mol. The maximum absolute atomic E-state index is 11.7. The number of nitrogens with zero attached hydrogens (tertiary/aromatic N) is 1. The summed E-state index contributed by atoms with van der Waals surface area (Å²) >= 11 is 0. The van der Waals surface area contributed by atoms with Crippen LogP contribution in [0.15, 0.2) is 66.7 Å². The van der Waals surface area contributed by atoms with Crippen molar-refractivity contribution in [3.8, 4) is 5.75 Å². The molecule has 0 saturated carbocycles. The number of aromatic nitrogens is 1. The molecule has 0 aliphatic rings. The number of hydrogen-bond acceptors (Lipinski definition) is 5. The van der Waals surface area contributed by atoms with E-state index in [1.807, 2.05) is 81.5 Å². The van der Waals surface area contributed by atoms with Gasteiger partial charge in [-0.2, -0.15) is 0 Å². The number of pyridine rings is 1. The van der Waals surface area contributed by atoms with Gasteiger partial charge in [0.2, 0.25) is 0 Å². The van der Waals surface area contributed by atoms with E-state index in [9.17, 15) is 9.90 Å². The van der Waals surface area contributed by atoms with Gasteiger partial charge in [-0.25, -0.2) is 0 Å². The quantitative estimate of drug-likeness (QED) is 0.159. The number of carboxylic acid groups (broad SMARTS) is 1. The van der Waals surface area contributed by atoms with Gasteiger partial charge in [0.15, 0.2) is 0 Å². The molecule has 40 heavy (non-hydrogen) atoms. The Labute approximate surface area is 239 Å². The molecule has 0 saturated heterocycles. The molecule has 0 atom stereocenters. The molecule has 0 amide bonds. The Hall–Kier alpha value is -3.64. The summed E-state index contributed by atoms with van der Waals surface area (Å²) in [5, 5.41) is 13.0. The van der Waals surface area contributed by atoms with Gasteiger partial charge in [-0.3, -0.25) is 9.78 Å². The number of ether oxygens (including phenoxy) is 2. The largest absolute Gasteiger partial charge is 0.494 e. The number of unbranched alkanes of at least 4 members (excludes halogenated alkanes) is 1. The first-order valence-electron chi connectivity index (χ1n) is 14.5. The second-order valence-corrected chi connectivity index (χ2v) is 10.1. The molecule has 6 nitrogen and oxygen atoms in total. The van der Waals surface area contributed by atoms with Crippen molar-refractivity contribution in [2.75, 3.05) is 25.1 Å². The maximum Gasteiger partial charge on any atom is 0.309 e. The number of nitrogens with one attached hydrogen (secondary N) is 1. The van der Waals surface area contributed by atoms with Crippen molar-refractivity contribution in [3.63, 3.8) is 0 Å². The SMILES string of the molecule is CCOc1ccc(CCCCOCc2cccc(C=Cc3cccc(NCCC(CC)(CC)C(=O)O)c3)n2)cc1. The summed E-state index contributed by atoms with van der Waals surface area (Å²) in [5.74, 6) is 0.209. The predicted octanol–water partition coefficient (Wildman–Crippen LogP) is 7.88. The fourth-order valence-corrected chi connectivity index (χ4v) is 4.69. The highest BCUT2D eigenvalue weighted by Gasteiger charge is 2.34. The lowest BCUT2D eigenvalue weighted by Crippen LogP contribution is -2.31. The van der Waals surface area contributed by atoms with E-state index >= 15 is 0 Å². The minimum absolute atomic E-state index is 0.498. The van der Waals surface area contributed by atoms with Crippen LogP contribution in [0.1, 0.15) is 75.4 Å². The fourth-order valence-electron chi connectivity index (χ4n) is 4.69. The molecule has 3 aromatic rings. The molecular weight excluding hydrogens is 500 g/mol. The van der Waals surface area contributed by atoms with E-state index in [0.29, 0.717) is 45.6 Å². The van der Waals surface area contributed by atoms with Crippen molar-refractivity contribution in [1.82, 2.24) is 4.98 Å². The molecule has 6 heteroatoms. The van der Waals surface area contributed by atoms with Crippen LogP contribution in [0.5, 0.6) is 5.75 Å². The van der Waals surface area contributed by atoms with E-state index in [0.717, 1.165) is 47.7 Å². The Morgan fingerprint density at radius 1 is 0.975 bits per heavy atom. The second kappa shape index (κ2) is 16.5. The molecular formula is C34H44N2O4. The van der Waals surface area contributed by atoms with Gasteiger partial charge in [0.05, 0.1) is 30.0 Å². The van der Waals surface area contributed by atoms with E-state index in [4.69, 9.17) is 14.5 Å². The van der Waals surface area contributed by atoms with Gasteiger partial charge >= 0.3 is 5.97 Å². The number of rotatable bonds is 18. The van der Waals surface area contributed by atoms with Gasteiger partial charge in [0.1, 0.15) is 5.75 Å². The van der Waals surface area contributed by atoms with Crippen LogP contribution in [0.2, 0.25) is 0 Å². The van der Waals surface area contributed by atoms with Crippen molar-refractivity contribution in [2.24, 2.45) is 5.41 Å². The molecule has 0 aliphatic heterocycles. The van der Waals surface area contributed by atoms with Crippen molar-refractivity contribution in [2.45, 2.75) is 65.9 Å². The highest BCUT2D eigenvalue weighted by molar-refractivity contribution is 5.74. The molecule has 3 rings (SSSR count). The monoisotopic (exact) mass is 544 g/mol. The Bertz CT molecular complexity index is 1200. The normalized spacial score (nSPS) is 11.6. The molecule has 2 N–H and O–H groups in total. The van der Waals surface area contributed by atoms with Gasteiger partial charge < -0.3 is 19.9 Å². The van der Waals surface area contributed by atoms with Crippen LogP contribution in [0, 0.1) is 5.41 Å². The van der Waals surface area contributed by atoms with Gasteiger partial charge in [0, 0.05) is 18.8 Å². The third-order valence-electron chi connectivity index (χ3n) is 7.39. The second-order valence-electron chi connectivity index (χ2n) is 10.1. The number of benzene rings is 2. The van der Waals surface area contributed by atoms with Crippen LogP contribution in [0.25, 0.3) is 12.2 Å². The zero-order chi connectivity index (χ0) is 28.6. The van der Waals surface area contributed by atoms with Gasteiger partial charge in [-0.1, -0.05) is 50.3 Å². The number of anilines is 1. The number of hydrogen-bond donors (Lipinski definition) is 2. The molecule has 0 aliphatic carbocycles. The lowest BCUT2D eigenvalue weighted by atomic mass is 9.79. The van der Waals surface area contributed by atoms with Crippen LogP contribution >= 0.6 is 0 Å². The molecule has 0 fully saturated rings. The minimum Gasteiger partial charge on any atom is -0.494 e. The summed E-state index contributed by atoms with van der Waals surface area (Å²) < 4.78 is 11.4. The van der Waals surface area contributed by atoms with Crippen LogP contribution in [0.3, 0.4) is 0 Å². The minimum atomic E-state index is -0.712. The van der Waals surface area contributed by atoms with E-state index in [1.54, 1.807) is 0 Å². The van der Waals surface area contributed by atoms with E-state index in [1.165, 1.54) is 5.56 Å². The standard InChI is InChI=1S/C34H44N2O4/c1-4-34(5-2,33(37)38)22-23-35-30-14-9-12-28(25-30)16-19-29-13-10-15-31(36-29)26-39-24-8-7-11-27-17-20-32(21-18-27)40-6-3/h9-10,12-21,25,35H,4-8,11,22-24,26H2,1-3H3,(H,37,38). The van der Waals surface area contributed by atoms with E-state index < -0.39 is 11.4 Å². The van der Waals surface area contributed by atoms with Crippen molar-refractivity contribution in [3.05, 3.63) is 89.2 Å². The summed E-state index contributed by atoms with van der Waals surface area (Å²) in [7, 11) is 0. The summed E-state index contributed by atoms with van der Waals surface area (Å²) in [4.78, 5) is 16.5. The highest BCUT2D eigenvalue weighted by Crippen LogP contribution is 2.31. The highest BCUT2D eigenvalue weighted by atomic mass is 16.5. The average molecular weight is 545 g/mol. The molecule has 0 bridgehead atoms. The van der Waals surface area contributed by atoms with E-state index in [2.05, 4.69) is 23.5 Å². The smallest absolute Gasteiger partial charge is 0.309 e. The fraction of sp³-hybridized carbons (Fsp3) is 0.412. The van der Waals surface area contributed by atoms with Crippen LogP contribution in [-0.4, -0.2) is 35.8 Å². The molecule has 214 valence electrons. The van der Waals surface area contributed by atoms with Crippen LogP contribution < -0.4 is 10.1 Å². The molecule has 0 radical (unpaired) electrons. The van der Waals surface area contributed by atoms with Crippen molar-refractivity contribution >= 4 is 23.8 Å². The number of aliphatic carboxylic acids is 1. The Morgan fingerprint density at radius 3 is 2.48 bits per heavy atom. The van der Waals surface area contributed by atoms with Crippen LogP contribution in [-0.2, 0) is 22.6 Å². The van der Waals surface area contributed by atoms with Gasteiger partial charge in [-0.05, 0) is 99.0 Å². The van der Waals surface area contributed by atoms with Gasteiger partial charge in [0.25, 0.3) is 0 Å². The first-order chi connectivity index (χ1) is 19.5. The summed E-state index contributed by atoms with van der Waals surface area (Å²) in [6, 6.07) is 22.4. The summed E-state index contributed by atoms with van der Waals surface area (Å²) in [6.07, 6.45) is 9.02. The molecule has 1 aromatic heterocycles. The third-order valence-corrected chi connectivity index (χ3v) is 7.39. The van der Waals surface area contributed by atoms with E-state index in [-0.39, 0.29) is 0 Å². The number of carbonyl (C=O) groups is 1. The topological polar surface area (TPSA) is 80.7 Å². The molecule has 0 spiro atoms. The van der Waals surface area contributed by atoms with Crippen molar-refractivity contribution in [1.29, 1.82) is 0 Å². The first kappa shape index (κ1) is 30.9. The zero-order valence-electron chi connectivity index (χ0n) is 24.2. The third kappa shape index (κ3) is 9.83. The Balaban J connectivity index is 1.42. The van der Waals surface area contributed by atoms with Crippen LogP contribution in [0.4, 0.5) is 5.69 Å². The Kier molecular flexibility index (Phi) is 12.7. The summed E-state index contributed by atoms with van der Waals surface area (Å²) in [6.45, 7) is 8.41. The van der Waals surface area contributed by atoms with Crippen molar-refractivity contribution < 1.29 is 19.4 Å². The summed E-state index contributed by atoms with van der Waals surface area (Å²) in [5.41, 5.74) is 4.48. The molecule has 2 aromatic carbocycles. The first-order valence-corrected chi connectivity index (χ1v) is 14.5. The average Bonchev–Trinajstić information content (AvgIpc) is 2.97. The molecule has 0 unspecified atom stereocenters. The number of carboxylic acids is 1.